The Kier molecular flexibility index (Phi) is 18.5. The summed E-state index contributed by atoms with van der Waals surface area (Å²) in [6.07, 6.45) is 17.1. The Hall–Kier alpha value is 0.260. The van der Waals surface area contributed by atoms with Gasteiger partial charge < -0.3 is 0 Å². The first-order valence-corrected chi connectivity index (χ1v) is 12.3. The van der Waals surface area contributed by atoms with Gasteiger partial charge in [-0.2, -0.15) is 0 Å². The molecule has 0 radical (unpaired) electrons. The Morgan fingerprint density at radius 2 is 1.24 bits per heavy atom. The third-order valence-corrected chi connectivity index (χ3v) is 7.09. The molecule has 0 spiro atoms. The molecule has 0 N–H and O–H groups in total. The molecule has 0 aromatic heterocycles. The van der Waals surface area contributed by atoms with Gasteiger partial charge in [-0.15, -0.1) is 0 Å². The van der Waals surface area contributed by atoms with Crippen LogP contribution >= 0.6 is 0 Å². The van der Waals surface area contributed by atoms with Crippen molar-refractivity contribution >= 4 is 26.9 Å². The zero-order valence-electron chi connectivity index (χ0n) is 14.3. The maximum atomic E-state index is 10.9. The molecule has 0 fully saturated rings. The van der Waals surface area contributed by atoms with Crippen LogP contribution in [-0.2, 0) is 9.53 Å². The molecule has 2 nitrogen and oxygen atoms in total. The van der Waals surface area contributed by atoms with Crippen molar-refractivity contribution in [3.8, 4) is 0 Å². The molecule has 0 heterocycles. The van der Waals surface area contributed by atoms with Crippen LogP contribution in [-0.4, -0.2) is 34.0 Å². The standard InChI is InChI=1S/C18H36O2Te/c1-3-4-5-6-7-8-9-10-13-16-21-17-14-11-12-15-18(19)20-2/h3-17H2,1-2H3. The van der Waals surface area contributed by atoms with Crippen LogP contribution in [0.15, 0.2) is 0 Å². The first kappa shape index (κ1) is 21.3. The molecule has 0 bridgehead atoms. The molecular weight excluding hydrogens is 376 g/mol. The fourth-order valence-electron chi connectivity index (χ4n) is 2.37. The van der Waals surface area contributed by atoms with E-state index in [2.05, 4.69) is 11.7 Å². The van der Waals surface area contributed by atoms with E-state index < -0.39 is 0 Å². The second kappa shape index (κ2) is 18.3. The van der Waals surface area contributed by atoms with Gasteiger partial charge in [0.15, 0.2) is 0 Å². The topological polar surface area (TPSA) is 26.3 Å². The molecule has 0 atom stereocenters. The number of ether oxygens (including phenoxy) is 1. The van der Waals surface area contributed by atoms with Gasteiger partial charge in [0, 0.05) is 0 Å². The molecule has 0 saturated carbocycles. The predicted molar refractivity (Wildman–Crippen MR) is 93.1 cm³/mol. The number of rotatable bonds is 16. The van der Waals surface area contributed by atoms with Gasteiger partial charge in [-0.25, -0.2) is 0 Å². The Balaban J connectivity index is 2.98. The number of hydrogen-bond acceptors (Lipinski definition) is 2. The Morgan fingerprint density at radius 3 is 1.76 bits per heavy atom. The van der Waals surface area contributed by atoms with Crippen LogP contribution in [0, 0.1) is 0 Å². The van der Waals surface area contributed by atoms with Crippen molar-refractivity contribution < 1.29 is 9.53 Å². The van der Waals surface area contributed by atoms with Crippen molar-refractivity contribution in [2.24, 2.45) is 0 Å². The number of carbonyl (C=O) groups excluding carboxylic acids is 1. The molecule has 21 heavy (non-hydrogen) atoms. The third kappa shape index (κ3) is 18.2. The molecule has 3 heteroatoms. The number of esters is 1. The summed E-state index contributed by atoms with van der Waals surface area (Å²) in [6.45, 7) is 2.28. The van der Waals surface area contributed by atoms with E-state index in [1.165, 1.54) is 86.7 Å². The first-order valence-electron chi connectivity index (χ1n) is 8.95. The Morgan fingerprint density at radius 1 is 0.762 bits per heavy atom. The molecule has 0 rings (SSSR count). The van der Waals surface area contributed by atoms with Crippen LogP contribution in [0.25, 0.3) is 0 Å². The number of carbonyl (C=O) groups is 1. The van der Waals surface area contributed by atoms with Crippen molar-refractivity contribution in [1.82, 2.24) is 0 Å². The van der Waals surface area contributed by atoms with Gasteiger partial charge in [-0.1, -0.05) is 0 Å². The zero-order chi connectivity index (χ0) is 15.6. The third-order valence-electron chi connectivity index (χ3n) is 3.79. The SMILES string of the molecule is CCCCCCCCCCC[Te]CCCCCC(=O)OC. The molecule has 0 saturated heterocycles. The summed E-state index contributed by atoms with van der Waals surface area (Å²) in [4.78, 5) is 10.9. The van der Waals surface area contributed by atoms with Crippen LogP contribution < -0.4 is 0 Å². The predicted octanol–water partition coefficient (Wildman–Crippen LogP) is 5.79. The minimum atomic E-state index is -0.0545. The quantitative estimate of drug-likeness (QED) is 0.182. The van der Waals surface area contributed by atoms with Crippen LogP contribution in [0.4, 0.5) is 0 Å². The molecular formula is C18H36O2Te. The van der Waals surface area contributed by atoms with Gasteiger partial charge in [0.1, 0.15) is 0 Å². The molecule has 126 valence electrons. The van der Waals surface area contributed by atoms with Crippen molar-refractivity contribution in [2.45, 2.75) is 99.3 Å². The van der Waals surface area contributed by atoms with Crippen LogP contribution in [0.2, 0.25) is 8.94 Å². The zero-order valence-corrected chi connectivity index (χ0v) is 16.7. The second-order valence-electron chi connectivity index (χ2n) is 5.83. The van der Waals surface area contributed by atoms with Crippen molar-refractivity contribution in [3.63, 3.8) is 0 Å². The van der Waals surface area contributed by atoms with E-state index in [0.717, 1.165) is 6.42 Å². The summed E-state index contributed by atoms with van der Waals surface area (Å²) < 4.78 is 7.63. The van der Waals surface area contributed by atoms with Gasteiger partial charge in [0.25, 0.3) is 0 Å². The summed E-state index contributed by atoms with van der Waals surface area (Å²) >= 11 is 0.267. The van der Waals surface area contributed by atoms with Gasteiger partial charge in [-0.3, -0.25) is 0 Å². The summed E-state index contributed by atoms with van der Waals surface area (Å²) in [7, 11) is 1.47. The number of methoxy groups -OCH3 is 1. The molecule has 0 amide bonds. The molecule has 0 aromatic rings. The summed E-state index contributed by atoms with van der Waals surface area (Å²) in [5, 5.41) is 0. The summed E-state index contributed by atoms with van der Waals surface area (Å²) in [5.74, 6) is -0.0545. The molecule has 0 aliphatic heterocycles. The average molecular weight is 412 g/mol. The average Bonchev–Trinajstić information content (AvgIpc) is 2.50. The Bertz CT molecular complexity index is 219. The van der Waals surface area contributed by atoms with Crippen LogP contribution in [0.3, 0.4) is 0 Å². The normalized spacial score (nSPS) is 10.8. The molecule has 0 aromatic carbocycles. The minimum absolute atomic E-state index is 0.0545. The van der Waals surface area contributed by atoms with Crippen LogP contribution in [0.5, 0.6) is 0 Å². The first-order chi connectivity index (χ1) is 10.3. The maximum absolute atomic E-state index is 10.9. The van der Waals surface area contributed by atoms with E-state index >= 15 is 0 Å². The van der Waals surface area contributed by atoms with Gasteiger partial charge in [0.05, 0.1) is 0 Å². The monoisotopic (exact) mass is 414 g/mol. The van der Waals surface area contributed by atoms with E-state index in [-0.39, 0.29) is 26.9 Å². The van der Waals surface area contributed by atoms with E-state index in [0.29, 0.717) is 6.42 Å². The second-order valence-corrected chi connectivity index (χ2v) is 9.32. The number of unbranched alkanes of at least 4 members (excludes halogenated alkanes) is 10. The van der Waals surface area contributed by atoms with Crippen molar-refractivity contribution in [3.05, 3.63) is 0 Å². The molecule has 0 aliphatic rings. The van der Waals surface area contributed by atoms with Gasteiger partial charge in [0.2, 0.25) is 0 Å². The Labute approximate surface area is 142 Å². The van der Waals surface area contributed by atoms with E-state index in [4.69, 9.17) is 0 Å². The fraction of sp³-hybridized carbons (Fsp3) is 0.944. The van der Waals surface area contributed by atoms with Gasteiger partial charge in [-0.05, 0) is 0 Å². The fourth-order valence-corrected chi connectivity index (χ4v) is 5.28. The van der Waals surface area contributed by atoms with E-state index in [1.54, 1.807) is 0 Å². The van der Waals surface area contributed by atoms with Crippen molar-refractivity contribution in [1.29, 1.82) is 0 Å². The van der Waals surface area contributed by atoms with Crippen molar-refractivity contribution in [2.75, 3.05) is 7.11 Å². The number of hydrogen-bond donors (Lipinski definition) is 0. The van der Waals surface area contributed by atoms with Crippen LogP contribution in [0.1, 0.15) is 90.4 Å². The van der Waals surface area contributed by atoms with E-state index in [1.807, 2.05) is 0 Å². The summed E-state index contributed by atoms with van der Waals surface area (Å²) in [6, 6.07) is 0. The molecule has 0 aliphatic carbocycles. The van der Waals surface area contributed by atoms with Gasteiger partial charge >= 0.3 is 143 Å². The van der Waals surface area contributed by atoms with E-state index in [9.17, 15) is 4.79 Å². The summed E-state index contributed by atoms with van der Waals surface area (Å²) in [5.41, 5.74) is 0. The molecule has 0 unspecified atom stereocenters.